The van der Waals surface area contributed by atoms with Gasteiger partial charge in [-0.3, -0.25) is 4.79 Å². The van der Waals surface area contributed by atoms with Crippen molar-refractivity contribution in [3.8, 4) is 0 Å². The van der Waals surface area contributed by atoms with Gasteiger partial charge in [-0.15, -0.1) is 11.6 Å². The Labute approximate surface area is 132 Å². The first-order valence-corrected chi connectivity index (χ1v) is 8.74. The molecule has 0 aromatic heterocycles. The van der Waals surface area contributed by atoms with Gasteiger partial charge in [-0.25, -0.2) is 0 Å². The summed E-state index contributed by atoms with van der Waals surface area (Å²) >= 11 is 5.88. The van der Waals surface area contributed by atoms with Crippen LogP contribution in [0.5, 0.6) is 0 Å². The Morgan fingerprint density at radius 2 is 2.14 bits per heavy atom. The van der Waals surface area contributed by atoms with E-state index in [0.29, 0.717) is 30.2 Å². The van der Waals surface area contributed by atoms with E-state index in [4.69, 9.17) is 11.6 Å². The van der Waals surface area contributed by atoms with Crippen molar-refractivity contribution >= 4 is 17.5 Å². The number of nitrogens with zero attached hydrogens (tertiary/aromatic N) is 1. The predicted octanol–water partition coefficient (Wildman–Crippen LogP) is 3.83. The summed E-state index contributed by atoms with van der Waals surface area (Å²) in [5, 5.41) is 0. The van der Waals surface area contributed by atoms with Crippen molar-refractivity contribution in [1.29, 1.82) is 0 Å². The Balaban J connectivity index is 1.72. The van der Waals surface area contributed by atoms with Crippen LogP contribution in [0.25, 0.3) is 0 Å². The summed E-state index contributed by atoms with van der Waals surface area (Å²) in [5.74, 6) is 2.15. The summed E-state index contributed by atoms with van der Waals surface area (Å²) in [6.45, 7) is 3.72. The van der Waals surface area contributed by atoms with Crippen molar-refractivity contribution in [2.45, 2.75) is 38.5 Å². The number of amides is 1. The van der Waals surface area contributed by atoms with Gasteiger partial charge < -0.3 is 4.90 Å². The molecule has 1 aromatic rings. The maximum Gasteiger partial charge on any atom is 0.226 e. The van der Waals surface area contributed by atoms with Crippen molar-refractivity contribution in [3.05, 3.63) is 35.4 Å². The van der Waals surface area contributed by atoms with Crippen LogP contribution in [-0.4, -0.2) is 29.8 Å². The number of alkyl halides is 1. The van der Waals surface area contributed by atoms with E-state index in [1.165, 1.54) is 17.5 Å². The number of fused-ring (bicyclic) bond motifs is 3. The van der Waals surface area contributed by atoms with E-state index >= 15 is 0 Å². The third-order valence-electron chi connectivity index (χ3n) is 5.06. The molecule has 3 rings (SSSR count). The summed E-state index contributed by atoms with van der Waals surface area (Å²) < 4.78 is 0. The van der Waals surface area contributed by atoms with Gasteiger partial charge in [0.25, 0.3) is 0 Å². The predicted molar refractivity (Wildman–Crippen MR) is 86.7 cm³/mol. The molecule has 0 spiro atoms. The number of carbonyl (C=O) groups excluding carboxylic acids is 1. The van der Waals surface area contributed by atoms with Gasteiger partial charge in [-0.1, -0.05) is 37.6 Å². The van der Waals surface area contributed by atoms with Crippen LogP contribution in [0.2, 0.25) is 0 Å². The smallest absolute Gasteiger partial charge is 0.226 e. The number of aryl methyl sites for hydroxylation is 1. The highest BCUT2D eigenvalue weighted by molar-refractivity contribution is 6.18. The second kappa shape index (κ2) is 6.39. The summed E-state index contributed by atoms with van der Waals surface area (Å²) in [4.78, 5) is 14.8. The summed E-state index contributed by atoms with van der Waals surface area (Å²) in [5.41, 5.74) is 2.87. The molecule has 2 aliphatic rings. The van der Waals surface area contributed by atoms with Gasteiger partial charge in [0.1, 0.15) is 0 Å². The molecule has 3 unspecified atom stereocenters. The molecule has 0 N–H and O–H groups in total. The maximum absolute atomic E-state index is 12.8. The monoisotopic (exact) mass is 305 g/mol. The molecule has 1 amide bonds. The maximum atomic E-state index is 12.8. The molecule has 1 fully saturated rings. The van der Waals surface area contributed by atoms with Gasteiger partial charge >= 0.3 is 0 Å². The minimum Gasteiger partial charge on any atom is -0.341 e. The van der Waals surface area contributed by atoms with Crippen LogP contribution in [0.3, 0.4) is 0 Å². The number of benzene rings is 1. The molecule has 1 saturated carbocycles. The van der Waals surface area contributed by atoms with Crippen LogP contribution in [0.1, 0.15) is 43.2 Å². The van der Waals surface area contributed by atoms with E-state index in [1.54, 1.807) is 0 Å². The van der Waals surface area contributed by atoms with Crippen LogP contribution in [0.15, 0.2) is 24.3 Å². The van der Waals surface area contributed by atoms with E-state index in [9.17, 15) is 4.79 Å². The van der Waals surface area contributed by atoms with Crippen molar-refractivity contribution in [1.82, 2.24) is 4.90 Å². The lowest BCUT2D eigenvalue weighted by atomic mass is 9.92. The molecule has 2 aliphatic carbocycles. The van der Waals surface area contributed by atoms with Crippen LogP contribution in [-0.2, 0) is 11.2 Å². The Bertz CT molecular complexity index is 516. The van der Waals surface area contributed by atoms with E-state index < -0.39 is 0 Å². The minimum absolute atomic E-state index is 0.216. The molecule has 0 heterocycles. The number of rotatable bonds is 6. The largest absolute Gasteiger partial charge is 0.341 e. The lowest BCUT2D eigenvalue weighted by Crippen LogP contribution is -2.35. The molecule has 1 aromatic carbocycles. The van der Waals surface area contributed by atoms with Crippen molar-refractivity contribution in [3.63, 3.8) is 0 Å². The van der Waals surface area contributed by atoms with Crippen LogP contribution in [0, 0.1) is 11.8 Å². The fourth-order valence-corrected chi connectivity index (χ4v) is 4.10. The Morgan fingerprint density at radius 1 is 1.33 bits per heavy atom. The first kappa shape index (κ1) is 14.9. The fourth-order valence-electron chi connectivity index (χ4n) is 3.90. The lowest BCUT2D eigenvalue weighted by Gasteiger charge is -2.21. The lowest BCUT2D eigenvalue weighted by molar-refractivity contribution is -0.132. The number of halogens is 1. The molecule has 3 heteroatoms. The number of hydrogen-bond donors (Lipinski definition) is 0. The topological polar surface area (TPSA) is 20.3 Å². The van der Waals surface area contributed by atoms with E-state index in [1.807, 2.05) is 4.90 Å². The summed E-state index contributed by atoms with van der Waals surface area (Å²) in [7, 11) is 0. The Kier molecular flexibility index (Phi) is 4.54. The number of hydrogen-bond acceptors (Lipinski definition) is 1. The Morgan fingerprint density at radius 3 is 2.90 bits per heavy atom. The average Bonchev–Trinajstić information content (AvgIpc) is 3.25. The molecule has 0 radical (unpaired) electrons. The van der Waals surface area contributed by atoms with Gasteiger partial charge in [0, 0.05) is 24.9 Å². The fraction of sp³-hybridized carbons (Fsp3) is 0.611. The normalized spacial score (nSPS) is 25.9. The zero-order valence-electron chi connectivity index (χ0n) is 12.7. The summed E-state index contributed by atoms with van der Waals surface area (Å²) in [6.07, 6.45) is 4.49. The van der Waals surface area contributed by atoms with E-state index in [-0.39, 0.29) is 5.92 Å². The first-order chi connectivity index (χ1) is 10.3. The molecule has 0 aliphatic heterocycles. The molecular formula is C18H24ClNO. The third-order valence-corrected chi connectivity index (χ3v) is 5.23. The summed E-state index contributed by atoms with van der Waals surface area (Å²) in [6, 6.07) is 8.66. The highest BCUT2D eigenvalue weighted by Crippen LogP contribution is 2.60. The SMILES string of the molecule is CCCCN(CCCl)C(=O)C1C2CCc3ccccc3C21. The zero-order valence-corrected chi connectivity index (χ0v) is 13.5. The molecule has 0 bridgehead atoms. The van der Waals surface area contributed by atoms with E-state index in [2.05, 4.69) is 31.2 Å². The molecule has 114 valence electrons. The van der Waals surface area contributed by atoms with E-state index in [0.717, 1.165) is 25.8 Å². The second-order valence-electron chi connectivity index (χ2n) is 6.32. The third kappa shape index (κ3) is 2.83. The molecule has 3 atom stereocenters. The average molecular weight is 306 g/mol. The van der Waals surface area contributed by atoms with Crippen LogP contribution < -0.4 is 0 Å². The highest BCUT2D eigenvalue weighted by Gasteiger charge is 2.57. The van der Waals surface area contributed by atoms with Crippen molar-refractivity contribution in [2.24, 2.45) is 11.8 Å². The van der Waals surface area contributed by atoms with Crippen LogP contribution >= 0.6 is 11.6 Å². The van der Waals surface area contributed by atoms with Gasteiger partial charge in [-0.2, -0.15) is 0 Å². The van der Waals surface area contributed by atoms with Gasteiger partial charge in [0.05, 0.1) is 0 Å². The van der Waals surface area contributed by atoms with Crippen LogP contribution in [0.4, 0.5) is 0 Å². The van der Waals surface area contributed by atoms with Crippen molar-refractivity contribution in [2.75, 3.05) is 19.0 Å². The minimum atomic E-state index is 0.216. The molecular weight excluding hydrogens is 282 g/mol. The Hall–Kier alpha value is -1.02. The standard InChI is InChI=1S/C18H24ClNO/c1-2-3-11-20(12-10-19)18(21)17-15-9-8-13-6-4-5-7-14(13)16(15)17/h4-7,15-17H,2-3,8-12H2,1H3. The molecule has 21 heavy (non-hydrogen) atoms. The number of carbonyl (C=O) groups is 1. The first-order valence-electron chi connectivity index (χ1n) is 8.20. The van der Waals surface area contributed by atoms with Crippen molar-refractivity contribution < 1.29 is 4.79 Å². The second-order valence-corrected chi connectivity index (χ2v) is 6.70. The van der Waals surface area contributed by atoms with Gasteiger partial charge in [0.2, 0.25) is 5.91 Å². The highest BCUT2D eigenvalue weighted by atomic mass is 35.5. The molecule has 0 saturated heterocycles. The van der Waals surface area contributed by atoms with Gasteiger partial charge in [-0.05, 0) is 42.2 Å². The quantitative estimate of drug-likeness (QED) is 0.731. The number of unbranched alkanes of at least 4 members (excludes halogenated alkanes) is 1. The zero-order chi connectivity index (χ0) is 14.8. The molecule has 2 nitrogen and oxygen atoms in total. The van der Waals surface area contributed by atoms with Gasteiger partial charge in [0.15, 0.2) is 0 Å².